The van der Waals surface area contributed by atoms with E-state index in [2.05, 4.69) is 11.4 Å². The third-order valence-electron chi connectivity index (χ3n) is 2.13. The predicted molar refractivity (Wildman–Crippen MR) is 47.1 cm³/mol. The molecule has 0 radical (unpaired) electrons. The van der Waals surface area contributed by atoms with Crippen molar-refractivity contribution in [2.24, 2.45) is 0 Å². The summed E-state index contributed by atoms with van der Waals surface area (Å²) in [5, 5.41) is 4.13. The van der Waals surface area contributed by atoms with E-state index in [1.807, 2.05) is 18.2 Å². The van der Waals surface area contributed by atoms with Gasteiger partial charge in [-0.1, -0.05) is 29.8 Å². The van der Waals surface area contributed by atoms with Crippen LogP contribution in [-0.4, -0.2) is 13.1 Å². The number of halogens is 1. The van der Waals surface area contributed by atoms with E-state index < -0.39 is 0 Å². The van der Waals surface area contributed by atoms with Crippen LogP contribution >= 0.6 is 11.6 Å². The Kier molecular flexibility index (Phi) is 1.84. The SMILES string of the molecule is Clc1ccccc1C1CNC1. The zero-order valence-corrected chi connectivity index (χ0v) is 6.93. The molecule has 1 heterocycles. The molecule has 0 aromatic heterocycles. The molecule has 58 valence electrons. The van der Waals surface area contributed by atoms with Gasteiger partial charge in [-0.2, -0.15) is 0 Å². The first-order valence-corrected chi connectivity index (χ1v) is 4.21. The Morgan fingerprint density at radius 2 is 2.00 bits per heavy atom. The second-order valence-electron chi connectivity index (χ2n) is 2.88. The summed E-state index contributed by atoms with van der Waals surface area (Å²) in [5.74, 6) is 0.642. The van der Waals surface area contributed by atoms with E-state index in [9.17, 15) is 0 Å². The van der Waals surface area contributed by atoms with Gasteiger partial charge in [-0.3, -0.25) is 0 Å². The lowest BCUT2D eigenvalue weighted by molar-refractivity contribution is 0.448. The minimum absolute atomic E-state index is 0.642. The van der Waals surface area contributed by atoms with Gasteiger partial charge in [0.2, 0.25) is 0 Å². The van der Waals surface area contributed by atoms with E-state index in [-0.39, 0.29) is 0 Å². The normalized spacial score (nSPS) is 17.9. The fraction of sp³-hybridized carbons (Fsp3) is 0.333. The van der Waals surface area contributed by atoms with Crippen LogP contribution < -0.4 is 5.32 Å². The van der Waals surface area contributed by atoms with Gasteiger partial charge in [-0.15, -0.1) is 0 Å². The highest BCUT2D eigenvalue weighted by atomic mass is 35.5. The van der Waals surface area contributed by atoms with E-state index in [4.69, 9.17) is 11.6 Å². The zero-order chi connectivity index (χ0) is 7.68. The quantitative estimate of drug-likeness (QED) is 0.675. The van der Waals surface area contributed by atoms with Crippen LogP contribution in [0.3, 0.4) is 0 Å². The molecule has 0 amide bonds. The molecule has 0 bridgehead atoms. The predicted octanol–water partition coefficient (Wildman–Crippen LogP) is 2.03. The molecule has 0 atom stereocenters. The monoisotopic (exact) mass is 167 g/mol. The molecule has 1 nitrogen and oxygen atoms in total. The summed E-state index contributed by atoms with van der Waals surface area (Å²) in [6.07, 6.45) is 0. The molecule has 0 spiro atoms. The van der Waals surface area contributed by atoms with Crippen LogP contribution in [0.4, 0.5) is 0 Å². The number of benzene rings is 1. The van der Waals surface area contributed by atoms with Crippen molar-refractivity contribution in [3.05, 3.63) is 34.9 Å². The lowest BCUT2D eigenvalue weighted by Gasteiger charge is -2.28. The lowest BCUT2D eigenvalue weighted by atomic mass is 9.94. The molecule has 1 saturated heterocycles. The topological polar surface area (TPSA) is 12.0 Å². The van der Waals surface area contributed by atoms with Crippen LogP contribution in [0.15, 0.2) is 24.3 Å². The number of hydrogen-bond donors (Lipinski definition) is 1. The summed E-state index contributed by atoms with van der Waals surface area (Å²) < 4.78 is 0. The minimum atomic E-state index is 0.642. The first kappa shape index (κ1) is 7.14. The van der Waals surface area contributed by atoms with Gasteiger partial charge in [0.15, 0.2) is 0 Å². The number of nitrogens with one attached hydrogen (secondary N) is 1. The van der Waals surface area contributed by atoms with Crippen molar-refractivity contribution in [3.63, 3.8) is 0 Å². The minimum Gasteiger partial charge on any atom is -0.315 e. The Labute approximate surface area is 71.4 Å². The van der Waals surface area contributed by atoms with Gasteiger partial charge in [-0.05, 0) is 11.6 Å². The van der Waals surface area contributed by atoms with Crippen molar-refractivity contribution in [1.29, 1.82) is 0 Å². The van der Waals surface area contributed by atoms with Gasteiger partial charge in [0.1, 0.15) is 0 Å². The van der Waals surface area contributed by atoms with Crippen molar-refractivity contribution in [3.8, 4) is 0 Å². The smallest absolute Gasteiger partial charge is 0.0441 e. The van der Waals surface area contributed by atoms with Gasteiger partial charge in [0, 0.05) is 24.0 Å². The number of rotatable bonds is 1. The Balaban J connectivity index is 2.28. The van der Waals surface area contributed by atoms with E-state index in [1.54, 1.807) is 0 Å². The molecule has 1 fully saturated rings. The van der Waals surface area contributed by atoms with Crippen LogP contribution in [0.2, 0.25) is 5.02 Å². The third kappa shape index (κ3) is 1.26. The summed E-state index contributed by atoms with van der Waals surface area (Å²) in [6, 6.07) is 8.07. The van der Waals surface area contributed by atoms with Crippen LogP contribution in [0.1, 0.15) is 11.5 Å². The molecule has 2 rings (SSSR count). The third-order valence-corrected chi connectivity index (χ3v) is 2.47. The van der Waals surface area contributed by atoms with Crippen molar-refractivity contribution >= 4 is 11.6 Å². The summed E-state index contributed by atoms with van der Waals surface area (Å²) in [4.78, 5) is 0. The van der Waals surface area contributed by atoms with Gasteiger partial charge in [0.05, 0.1) is 0 Å². The Morgan fingerprint density at radius 3 is 2.55 bits per heavy atom. The molecule has 0 unspecified atom stereocenters. The highest BCUT2D eigenvalue weighted by Gasteiger charge is 2.20. The second kappa shape index (κ2) is 2.84. The lowest BCUT2D eigenvalue weighted by Crippen LogP contribution is -2.39. The molecule has 2 heteroatoms. The fourth-order valence-electron chi connectivity index (χ4n) is 1.31. The van der Waals surface area contributed by atoms with Crippen LogP contribution in [0.5, 0.6) is 0 Å². The number of hydrogen-bond acceptors (Lipinski definition) is 1. The van der Waals surface area contributed by atoms with Crippen molar-refractivity contribution in [1.82, 2.24) is 5.32 Å². The average Bonchev–Trinajstić information content (AvgIpc) is 1.90. The van der Waals surface area contributed by atoms with Gasteiger partial charge >= 0.3 is 0 Å². The van der Waals surface area contributed by atoms with Crippen molar-refractivity contribution in [2.45, 2.75) is 5.92 Å². The molecular weight excluding hydrogens is 158 g/mol. The highest BCUT2D eigenvalue weighted by Crippen LogP contribution is 2.26. The Bertz CT molecular complexity index is 255. The summed E-state index contributed by atoms with van der Waals surface area (Å²) in [6.45, 7) is 2.15. The zero-order valence-electron chi connectivity index (χ0n) is 6.18. The maximum atomic E-state index is 6.00. The van der Waals surface area contributed by atoms with E-state index >= 15 is 0 Å². The molecule has 0 aliphatic carbocycles. The molecule has 0 saturated carbocycles. The van der Waals surface area contributed by atoms with Crippen LogP contribution in [0, 0.1) is 0 Å². The average molecular weight is 168 g/mol. The first-order valence-electron chi connectivity index (χ1n) is 3.83. The fourth-order valence-corrected chi connectivity index (χ4v) is 1.60. The Hall–Kier alpha value is -0.530. The molecule has 1 aromatic rings. The highest BCUT2D eigenvalue weighted by molar-refractivity contribution is 6.31. The molecule has 1 aliphatic heterocycles. The summed E-state index contributed by atoms with van der Waals surface area (Å²) >= 11 is 6.00. The van der Waals surface area contributed by atoms with E-state index in [1.165, 1.54) is 5.56 Å². The van der Waals surface area contributed by atoms with Gasteiger partial charge < -0.3 is 5.32 Å². The Morgan fingerprint density at radius 1 is 1.27 bits per heavy atom. The van der Waals surface area contributed by atoms with Crippen molar-refractivity contribution < 1.29 is 0 Å². The maximum absolute atomic E-state index is 6.00. The standard InChI is InChI=1S/C9H10ClN/c10-9-4-2-1-3-8(9)7-5-11-6-7/h1-4,7,11H,5-6H2. The molecule has 1 N–H and O–H groups in total. The van der Waals surface area contributed by atoms with Crippen molar-refractivity contribution in [2.75, 3.05) is 13.1 Å². The molecule has 1 aliphatic rings. The van der Waals surface area contributed by atoms with Gasteiger partial charge in [-0.25, -0.2) is 0 Å². The van der Waals surface area contributed by atoms with Gasteiger partial charge in [0.25, 0.3) is 0 Å². The summed E-state index contributed by atoms with van der Waals surface area (Å²) in [5.41, 5.74) is 1.29. The first-order chi connectivity index (χ1) is 5.38. The molecule has 1 aromatic carbocycles. The summed E-state index contributed by atoms with van der Waals surface area (Å²) in [7, 11) is 0. The second-order valence-corrected chi connectivity index (χ2v) is 3.28. The largest absolute Gasteiger partial charge is 0.315 e. The maximum Gasteiger partial charge on any atom is 0.0441 e. The molecule has 11 heavy (non-hydrogen) atoms. The van der Waals surface area contributed by atoms with Crippen LogP contribution in [0.25, 0.3) is 0 Å². The van der Waals surface area contributed by atoms with E-state index in [0.29, 0.717) is 5.92 Å². The molecular formula is C9H10ClN. The van der Waals surface area contributed by atoms with E-state index in [0.717, 1.165) is 18.1 Å². The van der Waals surface area contributed by atoms with Crippen LogP contribution in [-0.2, 0) is 0 Å².